The summed E-state index contributed by atoms with van der Waals surface area (Å²) >= 11 is 12.0. The zero-order valence-corrected chi connectivity index (χ0v) is 11.6. The van der Waals surface area contributed by atoms with Crippen molar-refractivity contribution in [3.05, 3.63) is 46.1 Å². The lowest BCUT2D eigenvalue weighted by atomic mass is 10.2. The average Bonchev–Trinajstić information content (AvgIpc) is 2.82. The van der Waals surface area contributed by atoms with E-state index in [1.54, 1.807) is 12.1 Å². The highest BCUT2D eigenvalue weighted by molar-refractivity contribution is 6.42. The van der Waals surface area contributed by atoms with Crippen molar-refractivity contribution in [2.45, 2.75) is 6.92 Å². The van der Waals surface area contributed by atoms with E-state index in [1.165, 1.54) is 0 Å². The van der Waals surface area contributed by atoms with Gasteiger partial charge in [0.2, 0.25) is 0 Å². The van der Waals surface area contributed by atoms with Crippen molar-refractivity contribution in [3.63, 3.8) is 0 Å². The molecule has 3 aromatic rings. The molecule has 0 aliphatic carbocycles. The minimum absolute atomic E-state index is 0.484. The molecule has 0 amide bonds. The zero-order chi connectivity index (χ0) is 13.6. The standard InChI is InChI=1S/C13H10Cl2N4/c1-7-11(16)4-5-12-17-18-13(19(7)12)8-2-3-9(14)10(15)6-8/h2-6H,16H2,1H3. The van der Waals surface area contributed by atoms with E-state index in [0.29, 0.717) is 21.6 Å². The lowest BCUT2D eigenvalue weighted by Gasteiger charge is -2.07. The van der Waals surface area contributed by atoms with Crippen molar-refractivity contribution in [1.82, 2.24) is 14.6 Å². The Bertz CT molecular complexity index is 780. The van der Waals surface area contributed by atoms with Gasteiger partial charge in [0.25, 0.3) is 0 Å². The molecule has 2 N–H and O–H groups in total. The highest BCUT2D eigenvalue weighted by Crippen LogP contribution is 2.29. The fraction of sp³-hybridized carbons (Fsp3) is 0.0769. The Morgan fingerprint density at radius 1 is 1.05 bits per heavy atom. The lowest BCUT2D eigenvalue weighted by molar-refractivity contribution is 1.08. The first-order valence-corrected chi connectivity index (χ1v) is 6.39. The van der Waals surface area contributed by atoms with Gasteiger partial charge in [-0.15, -0.1) is 10.2 Å². The van der Waals surface area contributed by atoms with Crippen molar-refractivity contribution in [3.8, 4) is 11.4 Å². The van der Waals surface area contributed by atoms with E-state index >= 15 is 0 Å². The van der Waals surface area contributed by atoms with E-state index in [1.807, 2.05) is 29.5 Å². The van der Waals surface area contributed by atoms with Crippen molar-refractivity contribution >= 4 is 34.5 Å². The van der Waals surface area contributed by atoms with E-state index < -0.39 is 0 Å². The fourth-order valence-electron chi connectivity index (χ4n) is 1.97. The second-order valence-corrected chi connectivity index (χ2v) is 5.03. The largest absolute Gasteiger partial charge is 0.397 e. The molecule has 0 bridgehead atoms. The number of fused-ring (bicyclic) bond motifs is 1. The molecule has 0 fully saturated rings. The van der Waals surface area contributed by atoms with E-state index in [2.05, 4.69) is 10.2 Å². The number of nitrogens with two attached hydrogens (primary N) is 1. The predicted octanol–water partition coefficient (Wildman–Crippen LogP) is 3.59. The molecule has 0 saturated carbocycles. The first-order valence-electron chi connectivity index (χ1n) is 5.63. The summed E-state index contributed by atoms with van der Waals surface area (Å²) in [6.45, 7) is 1.92. The van der Waals surface area contributed by atoms with E-state index in [-0.39, 0.29) is 0 Å². The molecule has 6 heteroatoms. The molecule has 0 saturated heterocycles. The summed E-state index contributed by atoms with van der Waals surface area (Å²) in [7, 11) is 0. The number of nitrogens with zero attached hydrogens (tertiary/aromatic N) is 3. The van der Waals surface area contributed by atoms with Gasteiger partial charge in [-0.3, -0.25) is 4.40 Å². The van der Waals surface area contributed by atoms with Gasteiger partial charge in [0, 0.05) is 11.3 Å². The number of aromatic nitrogens is 3. The Labute approximate surface area is 119 Å². The first-order chi connectivity index (χ1) is 9.08. The molecule has 2 heterocycles. The van der Waals surface area contributed by atoms with Crippen molar-refractivity contribution < 1.29 is 0 Å². The summed E-state index contributed by atoms with van der Waals surface area (Å²) in [5.74, 6) is 0.693. The minimum Gasteiger partial charge on any atom is -0.397 e. The maximum atomic E-state index is 6.04. The average molecular weight is 293 g/mol. The van der Waals surface area contributed by atoms with Crippen molar-refractivity contribution in [2.75, 3.05) is 5.73 Å². The van der Waals surface area contributed by atoms with Crippen LogP contribution < -0.4 is 5.73 Å². The zero-order valence-electron chi connectivity index (χ0n) is 10.1. The molecule has 1 aromatic carbocycles. The SMILES string of the molecule is Cc1c(N)ccc2nnc(-c3ccc(Cl)c(Cl)c3)n12. The van der Waals surface area contributed by atoms with Gasteiger partial charge in [0.1, 0.15) is 0 Å². The molecule has 0 spiro atoms. The van der Waals surface area contributed by atoms with Gasteiger partial charge < -0.3 is 5.73 Å². The molecule has 19 heavy (non-hydrogen) atoms. The van der Waals surface area contributed by atoms with Gasteiger partial charge in [-0.2, -0.15) is 0 Å². The van der Waals surface area contributed by atoms with Crippen LogP contribution in [0.25, 0.3) is 17.0 Å². The number of benzene rings is 1. The van der Waals surface area contributed by atoms with Crippen molar-refractivity contribution in [2.24, 2.45) is 0 Å². The Morgan fingerprint density at radius 2 is 1.84 bits per heavy atom. The Balaban J connectivity index is 2.30. The van der Waals surface area contributed by atoms with Gasteiger partial charge in [-0.1, -0.05) is 23.2 Å². The second-order valence-electron chi connectivity index (χ2n) is 4.22. The summed E-state index contributed by atoms with van der Waals surface area (Å²) in [4.78, 5) is 0. The smallest absolute Gasteiger partial charge is 0.168 e. The Kier molecular flexibility index (Phi) is 2.84. The molecule has 4 nitrogen and oxygen atoms in total. The molecule has 0 aliphatic rings. The quantitative estimate of drug-likeness (QED) is 0.746. The van der Waals surface area contributed by atoms with Crippen LogP contribution in [0.5, 0.6) is 0 Å². The molecule has 2 aromatic heterocycles. The number of anilines is 1. The lowest BCUT2D eigenvalue weighted by Crippen LogP contribution is -1.99. The summed E-state index contributed by atoms with van der Waals surface area (Å²) in [6, 6.07) is 9.01. The van der Waals surface area contributed by atoms with E-state index in [9.17, 15) is 0 Å². The number of hydrogen-bond acceptors (Lipinski definition) is 3. The van der Waals surface area contributed by atoms with Crippen LogP contribution >= 0.6 is 23.2 Å². The van der Waals surface area contributed by atoms with Crippen LogP contribution in [-0.4, -0.2) is 14.6 Å². The molecule has 3 rings (SSSR count). The summed E-state index contributed by atoms with van der Waals surface area (Å²) < 4.78 is 1.90. The molecule has 0 radical (unpaired) electrons. The number of halogens is 2. The molecular weight excluding hydrogens is 283 g/mol. The van der Waals surface area contributed by atoms with E-state index in [0.717, 1.165) is 16.9 Å². The maximum Gasteiger partial charge on any atom is 0.168 e. The van der Waals surface area contributed by atoms with Crippen LogP contribution in [0.2, 0.25) is 10.0 Å². The van der Waals surface area contributed by atoms with Gasteiger partial charge in [0.15, 0.2) is 11.5 Å². The van der Waals surface area contributed by atoms with Crippen LogP contribution in [0, 0.1) is 6.92 Å². The maximum absolute atomic E-state index is 6.04. The van der Waals surface area contributed by atoms with Gasteiger partial charge >= 0.3 is 0 Å². The molecule has 0 aliphatic heterocycles. The third-order valence-corrected chi connectivity index (χ3v) is 3.77. The number of nitrogen functional groups attached to an aromatic ring is 1. The monoisotopic (exact) mass is 292 g/mol. The number of rotatable bonds is 1. The summed E-state index contributed by atoms with van der Waals surface area (Å²) in [5.41, 5.74) is 9.09. The number of hydrogen-bond donors (Lipinski definition) is 1. The predicted molar refractivity (Wildman–Crippen MR) is 77.6 cm³/mol. The Morgan fingerprint density at radius 3 is 2.58 bits per heavy atom. The molecule has 0 atom stereocenters. The summed E-state index contributed by atoms with van der Waals surface area (Å²) in [5, 5.41) is 9.32. The first kappa shape index (κ1) is 12.3. The van der Waals surface area contributed by atoms with Gasteiger partial charge in [0.05, 0.1) is 15.7 Å². The minimum atomic E-state index is 0.484. The second kappa shape index (κ2) is 4.40. The fourth-order valence-corrected chi connectivity index (χ4v) is 2.27. The van der Waals surface area contributed by atoms with Crippen LogP contribution in [-0.2, 0) is 0 Å². The summed E-state index contributed by atoms with van der Waals surface area (Å²) in [6.07, 6.45) is 0. The van der Waals surface area contributed by atoms with Crippen molar-refractivity contribution in [1.29, 1.82) is 0 Å². The molecule has 96 valence electrons. The van der Waals surface area contributed by atoms with Gasteiger partial charge in [-0.25, -0.2) is 0 Å². The highest BCUT2D eigenvalue weighted by atomic mass is 35.5. The van der Waals surface area contributed by atoms with Crippen LogP contribution in [0.3, 0.4) is 0 Å². The van der Waals surface area contributed by atoms with E-state index in [4.69, 9.17) is 28.9 Å². The number of pyridine rings is 1. The third-order valence-electron chi connectivity index (χ3n) is 3.03. The number of aryl methyl sites for hydroxylation is 1. The molecular formula is C13H10Cl2N4. The molecule has 0 unspecified atom stereocenters. The third kappa shape index (κ3) is 1.93. The topological polar surface area (TPSA) is 56.2 Å². The van der Waals surface area contributed by atoms with Crippen LogP contribution in [0.15, 0.2) is 30.3 Å². The highest BCUT2D eigenvalue weighted by Gasteiger charge is 2.12. The van der Waals surface area contributed by atoms with Gasteiger partial charge in [-0.05, 0) is 37.3 Å². The van der Waals surface area contributed by atoms with Crippen LogP contribution in [0.1, 0.15) is 5.69 Å². The normalized spacial score (nSPS) is 11.1. The van der Waals surface area contributed by atoms with Crippen LogP contribution in [0.4, 0.5) is 5.69 Å². The Hall–Kier alpha value is -1.78.